The van der Waals surface area contributed by atoms with Crippen LogP contribution in [0.25, 0.3) is 0 Å². The van der Waals surface area contributed by atoms with Gasteiger partial charge in [0.05, 0.1) is 6.10 Å². The first-order valence-corrected chi connectivity index (χ1v) is 10.1. The zero-order valence-electron chi connectivity index (χ0n) is 15.5. The van der Waals surface area contributed by atoms with E-state index in [1.165, 1.54) is 0 Å². The Labute approximate surface area is 150 Å². The molecule has 140 valence electrons. The molecule has 4 nitrogen and oxygen atoms in total. The van der Waals surface area contributed by atoms with Gasteiger partial charge in [-0.05, 0) is 73.0 Å². The predicted octanol–water partition coefficient (Wildman–Crippen LogP) is 2.75. The highest BCUT2D eigenvalue weighted by Crippen LogP contribution is 2.67. The van der Waals surface area contributed by atoms with Gasteiger partial charge in [-0.2, -0.15) is 0 Å². The van der Waals surface area contributed by atoms with Crippen LogP contribution in [-0.4, -0.2) is 34.5 Å². The Morgan fingerprint density at radius 2 is 1.92 bits per heavy atom. The minimum Gasteiger partial charge on any atom is -0.393 e. The van der Waals surface area contributed by atoms with E-state index in [4.69, 9.17) is 0 Å². The second kappa shape index (κ2) is 5.88. The largest absolute Gasteiger partial charge is 0.393 e. The van der Waals surface area contributed by atoms with E-state index < -0.39 is 0 Å². The molecule has 2 N–H and O–H groups in total. The Morgan fingerprint density at radius 1 is 1.16 bits per heavy atom. The highest BCUT2D eigenvalue weighted by Gasteiger charge is 2.63. The lowest BCUT2D eigenvalue weighted by Gasteiger charge is -2.61. The summed E-state index contributed by atoms with van der Waals surface area (Å²) in [6.07, 6.45) is 6.62. The maximum absolute atomic E-state index is 12.3. The van der Waals surface area contributed by atoms with Crippen molar-refractivity contribution in [2.75, 3.05) is 6.61 Å². The number of fused-ring (bicyclic) bond motifs is 5. The van der Waals surface area contributed by atoms with Gasteiger partial charge in [0.15, 0.2) is 5.78 Å². The molecule has 0 spiro atoms. The van der Waals surface area contributed by atoms with Crippen LogP contribution in [0.1, 0.15) is 65.2 Å². The van der Waals surface area contributed by atoms with Crippen molar-refractivity contribution in [3.63, 3.8) is 0 Å². The number of carbonyl (C=O) groups excluding carboxylic acids is 2. The second-order valence-corrected chi connectivity index (χ2v) is 9.85. The van der Waals surface area contributed by atoms with Crippen molar-refractivity contribution in [2.24, 2.45) is 40.4 Å². The summed E-state index contributed by atoms with van der Waals surface area (Å²) >= 11 is 0. The molecule has 0 aromatic carbocycles. The highest BCUT2D eigenvalue weighted by atomic mass is 16.3. The lowest BCUT2D eigenvalue weighted by molar-refractivity contribution is -0.174. The van der Waals surface area contributed by atoms with Crippen LogP contribution in [0, 0.1) is 40.4 Å². The standard InChI is InChI=1S/C21H32O4/c1-20-8-7-13(23)9-12(20)3-4-14-15-5-6-16(18(25)11-22)21(15,2)10-17(24)19(14)20/h12,14-17,19,22,24H,3-11H2,1-2H3/t12-,14-,15-,16+,17-,19+,20-,21-/m0/s1. The third-order valence-corrected chi connectivity index (χ3v) is 8.95. The Bertz CT molecular complexity index is 586. The summed E-state index contributed by atoms with van der Waals surface area (Å²) in [5.74, 6) is 1.86. The minimum absolute atomic E-state index is 0.0428. The van der Waals surface area contributed by atoms with Crippen molar-refractivity contribution >= 4 is 11.6 Å². The molecule has 4 aliphatic carbocycles. The number of Topliss-reactive ketones (excluding diaryl/α,β-unsaturated/α-hetero) is 2. The van der Waals surface area contributed by atoms with Gasteiger partial charge in [-0.1, -0.05) is 13.8 Å². The van der Waals surface area contributed by atoms with Crippen LogP contribution in [0.2, 0.25) is 0 Å². The van der Waals surface area contributed by atoms with Crippen LogP contribution in [-0.2, 0) is 9.59 Å². The van der Waals surface area contributed by atoms with Crippen LogP contribution < -0.4 is 0 Å². The Morgan fingerprint density at radius 3 is 2.64 bits per heavy atom. The maximum Gasteiger partial charge on any atom is 0.161 e. The van der Waals surface area contributed by atoms with Crippen LogP contribution in [0.15, 0.2) is 0 Å². The number of hydrogen-bond acceptors (Lipinski definition) is 4. The quantitative estimate of drug-likeness (QED) is 0.805. The van der Waals surface area contributed by atoms with Crippen molar-refractivity contribution in [1.82, 2.24) is 0 Å². The van der Waals surface area contributed by atoms with Crippen molar-refractivity contribution in [1.29, 1.82) is 0 Å². The van der Waals surface area contributed by atoms with Crippen LogP contribution in [0.5, 0.6) is 0 Å². The van der Waals surface area contributed by atoms with Gasteiger partial charge in [0.2, 0.25) is 0 Å². The Balaban J connectivity index is 1.66. The zero-order valence-corrected chi connectivity index (χ0v) is 15.5. The van der Waals surface area contributed by atoms with Gasteiger partial charge in [0, 0.05) is 18.8 Å². The summed E-state index contributed by atoms with van der Waals surface area (Å²) in [6.45, 7) is 4.12. The molecule has 0 saturated heterocycles. The molecule has 4 heteroatoms. The first-order chi connectivity index (χ1) is 11.8. The van der Waals surface area contributed by atoms with E-state index in [-0.39, 0.29) is 41.2 Å². The summed E-state index contributed by atoms with van der Waals surface area (Å²) in [7, 11) is 0. The Hall–Kier alpha value is -0.740. The molecule has 4 aliphatic rings. The van der Waals surface area contributed by atoms with E-state index in [1.807, 2.05) is 0 Å². The van der Waals surface area contributed by atoms with Crippen LogP contribution in [0.4, 0.5) is 0 Å². The molecule has 0 heterocycles. The molecule has 8 atom stereocenters. The van der Waals surface area contributed by atoms with Crippen LogP contribution >= 0.6 is 0 Å². The van der Waals surface area contributed by atoms with E-state index in [0.717, 1.165) is 32.1 Å². The number of aliphatic hydroxyl groups is 2. The molecular weight excluding hydrogens is 316 g/mol. The Kier molecular flexibility index (Phi) is 4.16. The van der Waals surface area contributed by atoms with Gasteiger partial charge in [-0.25, -0.2) is 0 Å². The number of aliphatic hydroxyl groups excluding tert-OH is 2. The van der Waals surface area contributed by atoms with Crippen molar-refractivity contribution in [3.8, 4) is 0 Å². The average molecular weight is 348 g/mol. The van der Waals surface area contributed by atoms with Crippen molar-refractivity contribution in [2.45, 2.75) is 71.3 Å². The van der Waals surface area contributed by atoms with E-state index in [0.29, 0.717) is 42.8 Å². The van der Waals surface area contributed by atoms with E-state index in [1.54, 1.807) is 0 Å². The summed E-state index contributed by atoms with van der Waals surface area (Å²) in [5, 5.41) is 20.6. The van der Waals surface area contributed by atoms with Gasteiger partial charge < -0.3 is 10.2 Å². The molecule has 4 rings (SSSR count). The molecule has 4 saturated carbocycles. The molecule has 0 aromatic rings. The maximum atomic E-state index is 12.3. The molecule has 0 aromatic heterocycles. The van der Waals surface area contributed by atoms with Crippen molar-refractivity contribution in [3.05, 3.63) is 0 Å². The number of rotatable bonds is 2. The molecular formula is C21H32O4. The molecule has 0 bridgehead atoms. The summed E-state index contributed by atoms with van der Waals surface area (Å²) in [4.78, 5) is 24.3. The monoisotopic (exact) mass is 348 g/mol. The highest BCUT2D eigenvalue weighted by molar-refractivity contribution is 5.83. The summed E-state index contributed by atoms with van der Waals surface area (Å²) in [5.41, 5.74) is -0.106. The van der Waals surface area contributed by atoms with Gasteiger partial charge in [0.1, 0.15) is 12.4 Å². The fourth-order valence-electron chi connectivity index (χ4n) is 7.81. The predicted molar refractivity (Wildman–Crippen MR) is 93.7 cm³/mol. The lowest BCUT2D eigenvalue weighted by Crippen LogP contribution is -2.59. The molecule has 0 amide bonds. The molecule has 0 radical (unpaired) electrons. The molecule has 0 unspecified atom stereocenters. The third-order valence-electron chi connectivity index (χ3n) is 8.95. The third kappa shape index (κ3) is 2.39. The van der Waals surface area contributed by atoms with Crippen molar-refractivity contribution < 1.29 is 19.8 Å². The first-order valence-electron chi connectivity index (χ1n) is 10.1. The number of ketones is 2. The minimum atomic E-state index is -0.389. The molecule has 25 heavy (non-hydrogen) atoms. The first kappa shape index (κ1) is 17.7. The lowest BCUT2D eigenvalue weighted by atomic mass is 9.44. The number of hydrogen-bond donors (Lipinski definition) is 2. The topological polar surface area (TPSA) is 74.6 Å². The normalized spacial score (nSPS) is 52.2. The van der Waals surface area contributed by atoms with Gasteiger partial charge >= 0.3 is 0 Å². The fourth-order valence-corrected chi connectivity index (χ4v) is 7.81. The van der Waals surface area contributed by atoms with Gasteiger partial charge in [0.25, 0.3) is 0 Å². The van der Waals surface area contributed by atoms with E-state index in [2.05, 4.69) is 13.8 Å². The van der Waals surface area contributed by atoms with Gasteiger partial charge in [-0.15, -0.1) is 0 Å². The molecule has 0 aliphatic heterocycles. The number of carbonyl (C=O) groups is 2. The summed E-state index contributed by atoms with van der Waals surface area (Å²) in [6, 6.07) is 0. The zero-order chi connectivity index (χ0) is 18.0. The molecule has 4 fully saturated rings. The average Bonchev–Trinajstić information content (AvgIpc) is 2.91. The fraction of sp³-hybridized carbons (Fsp3) is 0.905. The smallest absolute Gasteiger partial charge is 0.161 e. The van der Waals surface area contributed by atoms with E-state index in [9.17, 15) is 19.8 Å². The SMILES string of the molecule is C[C@]12CCC(=O)C[C@@H]1CC[C@@H]1[C@@H]2[C@@H](O)C[C@]2(C)[C@@H](C(=O)CO)CC[C@@H]12. The second-order valence-electron chi connectivity index (χ2n) is 9.85. The van der Waals surface area contributed by atoms with Crippen LogP contribution in [0.3, 0.4) is 0 Å². The van der Waals surface area contributed by atoms with Gasteiger partial charge in [-0.3, -0.25) is 9.59 Å². The van der Waals surface area contributed by atoms with E-state index >= 15 is 0 Å². The summed E-state index contributed by atoms with van der Waals surface area (Å²) < 4.78 is 0.